The molecular formula is C20H19BrFN3O2. The molecule has 3 aromatic rings. The molecule has 0 bridgehead atoms. The van der Waals surface area contributed by atoms with Gasteiger partial charge in [-0.2, -0.15) is 5.10 Å². The number of aromatic nitrogens is 2. The second kappa shape index (κ2) is 8.35. The summed E-state index contributed by atoms with van der Waals surface area (Å²) in [5.41, 5.74) is 2.38. The molecule has 0 aliphatic rings. The van der Waals surface area contributed by atoms with Crippen molar-refractivity contribution in [2.75, 3.05) is 5.32 Å². The molecule has 0 aliphatic heterocycles. The fourth-order valence-electron chi connectivity index (χ4n) is 2.53. The molecule has 1 heterocycles. The SMILES string of the molecule is CC(Nc1cnn(C)c(=O)c1Br)c1ccc(OCc2ccc(F)cc2)cc1. The van der Waals surface area contributed by atoms with Gasteiger partial charge in [-0.05, 0) is 58.2 Å². The largest absolute Gasteiger partial charge is 0.489 e. The lowest BCUT2D eigenvalue weighted by Crippen LogP contribution is -2.22. The smallest absolute Gasteiger partial charge is 0.282 e. The monoisotopic (exact) mass is 431 g/mol. The molecule has 0 amide bonds. The highest BCUT2D eigenvalue weighted by Crippen LogP contribution is 2.24. The van der Waals surface area contributed by atoms with Crippen LogP contribution in [0, 0.1) is 5.82 Å². The molecule has 27 heavy (non-hydrogen) atoms. The van der Waals surface area contributed by atoms with Crippen LogP contribution in [0.25, 0.3) is 0 Å². The second-order valence-corrected chi connectivity index (χ2v) is 6.94. The van der Waals surface area contributed by atoms with Crippen molar-refractivity contribution in [1.82, 2.24) is 9.78 Å². The van der Waals surface area contributed by atoms with E-state index in [2.05, 4.69) is 26.3 Å². The van der Waals surface area contributed by atoms with Crippen LogP contribution in [0.15, 0.2) is 64.0 Å². The number of halogens is 2. The van der Waals surface area contributed by atoms with Crippen LogP contribution in [0.3, 0.4) is 0 Å². The first-order chi connectivity index (χ1) is 12.9. The van der Waals surface area contributed by atoms with Crippen LogP contribution in [-0.4, -0.2) is 9.78 Å². The number of rotatable bonds is 6. The van der Waals surface area contributed by atoms with Crippen molar-refractivity contribution < 1.29 is 9.13 Å². The van der Waals surface area contributed by atoms with Crippen LogP contribution in [0.4, 0.5) is 10.1 Å². The molecule has 7 heteroatoms. The molecular weight excluding hydrogens is 413 g/mol. The summed E-state index contributed by atoms with van der Waals surface area (Å²) in [5, 5.41) is 7.31. The van der Waals surface area contributed by atoms with E-state index < -0.39 is 0 Å². The Morgan fingerprint density at radius 1 is 1.19 bits per heavy atom. The van der Waals surface area contributed by atoms with Gasteiger partial charge in [0.25, 0.3) is 5.56 Å². The van der Waals surface area contributed by atoms with Crippen LogP contribution < -0.4 is 15.6 Å². The normalized spacial score (nSPS) is 11.9. The molecule has 0 radical (unpaired) electrons. The van der Waals surface area contributed by atoms with Crippen molar-refractivity contribution in [2.45, 2.75) is 19.6 Å². The van der Waals surface area contributed by atoms with E-state index >= 15 is 0 Å². The van der Waals surface area contributed by atoms with Crippen LogP contribution in [0.2, 0.25) is 0 Å². The Bertz CT molecular complexity index is 972. The number of nitrogens with one attached hydrogen (secondary N) is 1. The van der Waals surface area contributed by atoms with Crippen molar-refractivity contribution in [1.29, 1.82) is 0 Å². The number of hydrogen-bond acceptors (Lipinski definition) is 4. The molecule has 1 aromatic heterocycles. The van der Waals surface area contributed by atoms with Crippen molar-refractivity contribution in [3.05, 3.63) is 86.5 Å². The number of hydrogen-bond donors (Lipinski definition) is 1. The number of anilines is 1. The van der Waals surface area contributed by atoms with Gasteiger partial charge < -0.3 is 10.1 Å². The minimum absolute atomic E-state index is 0.0265. The Morgan fingerprint density at radius 2 is 1.85 bits per heavy atom. The quantitative estimate of drug-likeness (QED) is 0.626. The average Bonchev–Trinajstić information content (AvgIpc) is 2.68. The lowest BCUT2D eigenvalue weighted by molar-refractivity contribution is 0.306. The van der Waals surface area contributed by atoms with Gasteiger partial charge in [0.2, 0.25) is 0 Å². The molecule has 140 valence electrons. The van der Waals surface area contributed by atoms with Crippen molar-refractivity contribution in [2.24, 2.45) is 7.05 Å². The van der Waals surface area contributed by atoms with Gasteiger partial charge in [-0.1, -0.05) is 24.3 Å². The van der Waals surface area contributed by atoms with Gasteiger partial charge in [0.05, 0.1) is 11.9 Å². The highest BCUT2D eigenvalue weighted by Gasteiger charge is 2.11. The maximum absolute atomic E-state index is 12.9. The molecule has 0 aliphatic carbocycles. The zero-order valence-electron chi connectivity index (χ0n) is 14.9. The zero-order chi connectivity index (χ0) is 19.4. The molecule has 1 atom stereocenters. The Morgan fingerprint density at radius 3 is 2.52 bits per heavy atom. The first-order valence-corrected chi connectivity index (χ1v) is 9.19. The van der Waals surface area contributed by atoms with E-state index in [4.69, 9.17) is 4.74 Å². The van der Waals surface area contributed by atoms with E-state index in [1.54, 1.807) is 25.4 Å². The summed E-state index contributed by atoms with van der Waals surface area (Å²) in [6, 6.07) is 13.9. The molecule has 2 aromatic carbocycles. The molecule has 0 saturated heterocycles. The summed E-state index contributed by atoms with van der Waals surface area (Å²) in [4.78, 5) is 11.9. The van der Waals surface area contributed by atoms with Gasteiger partial charge in [0.15, 0.2) is 0 Å². The minimum Gasteiger partial charge on any atom is -0.489 e. The zero-order valence-corrected chi connectivity index (χ0v) is 16.5. The average molecular weight is 432 g/mol. The molecule has 5 nitrogen and oxygen atoms in total. The van der Waals surface area contributed by atoms with Gasteiger partial charge in [0.1, 0.15) is 22.6 Å². The number of ether oxygens (including phenoxy) is 1. The number of nitrogens with zero attached hydrogens (tertiary/aromatic N) is 2. The second-order valence-electron chi connectivity index (χ2n) is 6.15. The minimum atomic E-state index is -0.261. The highest BCUT2D eigenvalue weighted by atomic mass is 79.9. The van der Waals surface area contributed by atoms with Gasteiger partial charge in [-0.15, -0.1) is 0 Å². The summed E-state index contributed by atoms with van der Waals surface area (Å²) in [6.07, 6.45) is 1.61. The van der Waals surface area contributed by atoms with E-state index in [9.17, 15) is 9.18 Å². The van der Waals surface area contributed by atoms with Gasteiger partial charge in [-0.25, -0.2) is 9.07 Å². The summed E-state index contributed by atoms with van der Waals surface area (Å²) in [5.74, 6) is 0.467. The summed E-state index contributed by atoms with van der Waals surface area (Å²) >= 11 is 3.31. The van der Waals surface area contributed by atoms with Crippen molar-refractivity contribution >= 4 is 21.6 Å². The molecule has 0 spiro atoms. The molecule has 0 fully saturated rings. The fraction of sp³-hybridized carbons (Fsp3) is 0.200. The lowest BCUT2D eigenvalue weighted by Gasteiger charge is -2.17. The number of aryl methyl sites for hydroxylation is 1. The summed E-state index contributed by atoms with van der Waals surface area (Å²) in [7, 11) is 1.60. The van der Waals surface area contributed by atoms with E-state index in [1.807, 2.05) is 31.2 Å². The topological polar surface area (TPSA) is 56.2 Å². The van der Waals surface area contributed by atoms with Crippen molar-refractivity contribution in [3.8, 4) is 5.75 Å². The first kappa shape index (κ1) is 19.1. The van der Waals surface area contributed by atoms with Crippen LogP contribution in [0.5, 0.6) is 5.75 Å². The Kier molecular flexibility index (Phi) is 5.91. The molecule has 1 unspecified atom stereocenters. The molecule has 1 N–H and O–H groups in total. The van der Waals surface area contributed by atoms with Gasteiger partial charge >= 0.3 is 0 Å². The van der Waals surface area contributed by atoms with Gasteiger partial charge in [-0.3, -0.25) is 4.79 Å². The van der Waals surface area contributed by atoms with Gasteiger partial charge in [0, 0.05) is 13.1 Å². The van der Waals surface area contributed by atoms with Crippen molar-refractivity contribution in [3.63, 3.8) is 0 Å². The predicted molar refractivity (Wildman–Crippen MR) is 106 cm³/mol. The highest BCUT2D eigenvalue weighted by molar-refractivity contribution is 9.10. The Hall–Kier alpha value is -2.67. The molecule has 3 rings (SSSR count). The van der Waals surface area contributed by atoms with Crippen LogP contribution in [-0.2, 0) is 13.7 Å². The predicted octanol–water partition coefficient (Wildman–Crippen LogP) is 4.43. The van der Waals surface area contributed by atoms with Crippen LogP contribution in [0.1, 0.15) is 24.1 Å². The van der Waals surface area contributed by atoms with Crippen LogP contribution >= 0.6 is 15.9 Å². The summed E-state index contributed by atoms with van der Waals surface area (Å²) < 4.78 is 20.4. The number of benzene rings is 2. The standard InChI is InChI=1S/C20H19BrFN3O2/c1-13(24-18-11-23-25(2)20(26)19(18)21)15-5-9-17(10-6-15)27-12-14-3-7-16(22)8-4-14/h3-11,13,24H,12H2,1-2H3. The Balaban J connectivity index is 1.63. The van der Waals surface area contributed by atoms with E-state index in [1.165, 1.54) is 16.8 Å². The molecule has 0 saturated carbocycles. The maximum atomic E-state index is 12.9. The third kappa shape index (κ3) is 4.74. The maximum Gasteiger partial charge on any atom is 0.282 e. The van der Waals surface area contributed by atoms with E-state index in [0.29, 0.717) is 16.8 Å². The van der Waals surface area contributed by atoms with E-state index in [0.717, 1.165) is 16.9 Å². The first-order valence-electron chi connectivity index (χ1n) is 8.39. The fourth-order valence-corrected chi connectivity index (χ4v) is 3.00. The third-order valence-corrected chi connectivity index (χ3v) is 4.92. The Labute approximate surface area is 164 Å². The third-order valence-electron chi connectivity index (χ3n) is 4.15. The lowest BCUT2D eigenvalue weighted by atomic mass is 10.1. The van der Waals surface area contributed by atoms with E-state index in [-0.39, 0.29) is 17.4 Å². The summed E-state index contributed by atoms with van der Waals surface area (Å²) in [6.45, 7) is 2.37.